The van der Waals surface area contributed by atoms with E-state index in [2.05, 4.69) is 37.5 Å². The second kappa shape index (κ2) is 11.9. The van der Waals surface area contributed by atoms with E-state index >= 15 is 0 Å². The number of anilines is 1. The third-order valence-electron chi connectivity index (χ3n) is 11.8. The number of fused-ring (bicyclic) bond motifs is 5. The van der Waals surface area contributed by atoms with Crippen LogP contribution in [0.15, 0.2) is 29.8 Å². The van der Waals surface area contributed by atoms with Gasteiger partial charge in [0.05, 0.1) is 22.0 Å². The number of hydrogen-bond acceptors (Lipinski definition) is 7. The van der Waals surface area contributed by atoms with Crippen LogP contribution in [0.2, 0.25) is 0 Å². The van der Waals surface area contributed by atoms with Gasteiger partial charge in [0.25, 0.3) is 11.4 Å². The number of aliphatic hydroxyl groups excluding tert-OH is 1. The molecule has 0 heterocycles. The topological polar surface area (TPSA) is 148 Å². The lowest BCUT2D eigenvalue weighted by Gasteiger charge is -2.58. The van der Waals surface area contributed by atoms with Crippen molar-refractivity contribution in [1.82, 2.24) is 5.32 Å². The molecular formula is C32H46N4O6. The first kappa shape index (κ1) is 30.4. The Balaban J connectivity index is 1.10. The minimum atomic E-state index is -0.665. The Morgan fingerprint density at radius 3 is 2.60 bits per heavy atom. The monoisotopic (exact) mass is 582 g/mol. The van der Waals surface area contributed by atoms with E-state index in [-0.39, 0.29) is 41.0 Å². The molecule has 42 heavy (non-hydrogen) atoms. The van der Waals surface area contributed by atoms with Crippen LogP contribution in [0, 0.1) is 60.6 Å². The van der Waals surface area contributed by atoms with E-state index in [0.29, 0.717) is 30.2 Å². The van der Waals surface area contributed by atoms with E-state index in [9.17, 15) is 30.1 Å². The molecule has 1 aromatic rings. The molecule has 10 heteroatoms. The van der Waals surface area contributed by atoms with Crippen molar-refractivity contribution in [3.8, 4) is 0 Å². The molecule has 230 valence electrons. The standard InChI is InChI=1S/C32H46N4O6/c1-20(4-11-30(38)34-17-16-33-28-10-6-22(35(39)40)19-29(28)36(41)42)25-8-9-26-24-7-5-21-18-23(37)12-14-31(21,2)27(24)13-15-32(25,26)3/h5-6,10,19-20,23-27,33,37H,4,7-9,11-18H2,1-3H3,(H,34,38)/t20-,23?,24+,25-,26+,27+,31+,32-/m1/s1. The zero-order valence-corrected chi connectivity index (χ0v) is 25.1. The third kappa shape index (κ3) is 5.66. The van der Waals surface area contributed by atoms with Crippen molar-refractivity contribution in [2.75, 3.05) is 18.4 Å². The number of hydrogen-bond donors (Lipinski definition) is 3. The summed E-state index contributed by atoms with van der Waals surface area (Å²) in [5, 5.41) is 38.4. The van der Waals surface area contributed by atoms with E-state index in [4.69, 9.17) is 0 Å². The first-order chi connectivity index (χ1) is 19.9. The maximum atomic E-state index is 12.7. The van der Waals surface area contributed by atoms with Crippen LogP contribution in [0.1, 0.15) is 85.0 Å². The van der Waals surface area contributed by atoms with Gasteiger partial charge >= 0.3 is 0 Å². The summed E-state index contributed by atoms with van der Waals surface area (Å²) in [4.78, 5) is 33.6. The Labute approximate surface area is 248 Å². The quantitative estimate of drug-likeness (QED) is 0.125. The number of nitrogens with zero attached hydrogens (tertiary/aromatic N) is 2. The van der Waals surface area contributed by atoms with Gasteiger partial charge in [0.15, 0.2) is 0 Å². The largest absolute Gasteiger partial charge is 0.393 e. The minimum absolute atomic E-state index is 0.0254. The highest BCUT2D eigenvalue weighted by atomic mass is 16.6. The highest BCUT2D eigenvalue weighted by molar-refractivity contribution is 5.76. The minimum Gasteiger partial charge on any atom is -0.393 e. The maximum Gasteiger partial charge on any atom is 0.299 e. The van der Waals surface area contributed by atoms with Crippen molar-refractivity contribution in [1.29, 1.82) is 0 Å². The number of carbonyl (C=O) groups is 1. The zero-order chi connectivity index (χ0) is 30.2. The van der Waals surface area contributed by atoms with Gasteiger partial charge < -0.3 is 15.7 Å². The van der Waals surface area contributed by atoms with E-state index in [1.165, 1.54) is 43.4 Å². The van der Waals surface area contributed by atoms with Crippen LogP contribution in [-0.4, -0.2) is 40.1 Å². The van der Waals surface area contributed by atoms with Crippen molar-refractivity contribution in [2.24, 2.45) is 40.4 Å². The van der Waals surface area contributed by atoms with Gasteiger partial charge in [0.2, 0.25) is 5.91 Å². The number of nitrogens with one attached hydrogen (secondary N) is 2. The lowest BCUT2D eigenvalue weighted by Crippen LogP contribution is -2.50. The van der Waals surface area contributed by atoms with Gasteiger partial charge in [-0.15, -0.1) is 0 Å². The molecule has 3 fully saturated rings. The van der Waals surface area contributed by atoms with Crippen molar-refractivity contribution < 1.29 is 19.7 Å². The molecule has 10 nitrogen and oxygen atoms in total. The van der Waals surface area contributed by atoms with Crippen LogP contribution >= 0.6 is 0 Å². The SMILES string of the molecule is C[C@H](CCC(=O)NCCNc1ccc([N+](=O)[O-])cc1[N+](=O)[O-])[C@H]1CC[C@H]2[C@@H]3CC=C4CC(O)CC[C@]4(C)[C@H]3CC[C@]12C. The highest BCUT2D eigenvalue weighted by Crippen LogP contribution is 2.67. The number of allylic oxidation sites excluding steroid dienone is 1. The molecule has 4 aliphatic rings. The summed E-state index contributed by atoms with van der Waals surface area (Å²) in [7, 11) is 0. The third-order valence-corrected chi connectivity index (χ3v) is 11.8. The Bertz CT molecular complexity index is 1250. The molecule has 3 N–H and O–H groups in total. The Kier molecular flexibility index (Phi) is 8.65. The molecule has 0 aromatic heterocycles. The molecule has 8 atom stereocenters. The second-order valence-corrected chi connectivity index (χ2v) is 13.9. The van der Waals surface area contributed by atoms with Gasteiger partial charge in [-0.2, -0.15) is 0 Å². The molecule has 0 spiro atoms. The molecule has 0 bridgehead atoms. The number of amides is 1. The van der Waals surface area contributed by atoms with Gasteiger partial charge in [-0.3, -0.25) is 25.0 Å². The predicted octanol–water partition coefficient (Wildman–Crippen LogP) is 6.39. The van der Waals surface area contributed by atoms with Crippen LogP contribution in [0.5, 0.6) is 0 Å². The lowest BCUT2D eigenvalue weighted by molar-refractivity contribution is -0.393. The maximum absolute atomic E-state index is 12.7. The summed E-state index contributed by atoms with van der Waals surface area (Å²) in [6.07, 6.45) is 12.7. The van der Waals surface area contributed by atoms with Crippen molar-refractivity contribution in [2.45, 2.75) is 91.1 Å². The fraction of sp³-hybridized carbons (Fsp3) is 0.719. The molecule has 1 aromatic carbocycles. The fourth-order valence-corrected chi connectivity index (χ4v) is 9.60. The van der Waals surface area contributed by atoms with Crippen LogP contribution in [0.3, 0.4) is 0 Å². The van der Waals surface area contributed by atoms with Gasteiger partial charge in [0, 0.05) is 25.6 Å². The van der Waals surface area contributed by atoms with E-state index < -0.39 is 9.85 Å². The Hall–Kier alpha value is -3.01. The van der Waals surface area contributed by atoms with Gasteiger partial charge in [-0.05, 0) is 104 Å². The smallest absolute Gasteiger partial charge is 0.299 e. The predicted molar refractivity (Wildman–Crippen MR) is 161 cm³/mol. The molecule has 3 saturated carbocycles. The molecule has 1 unspecified atom stereocenters. The Morgan fingerprint density at radius 2 is 1.86 bits per heavy atom. The molecule has 0 saturated heterocycles. The fourth-order valence-electron chi connectivity index (χ4n) is 9.60. The summed E-state index contributed by atoms with van der Waals surface area (Å²) in [5.74, 6) is 3.23. The molecule has 5 rings (SSSR count). The number of nitro groups is 2. The van der Waals surface area contributed by atoms with Crippen LogP contribution < -0.4 is 10.6 Å². The summed E-state index contributed by atoms with van der Waals surface area (Å²) < 4.78 is 0. The second-order valence-electron chi connectivity index (χ2n) is 13.9. The van der Waals surface area contributed by atoms with Crippen molar-refractivity contribution in [3.05, 3.63) is 50.1 Å². The molecule has 0 aliphatic heterocycles. The highest BCUT2D eigenvalue weighted by Gasteiger charge is 2.59. The number of aliphatic hydroxyl groups is 1. The van der Waals surface area contributed by atoms with E-state index in [1.807, 2.05) is 0 Å². The Morgan fingerprint density at radius 1 is 1.07 bits per heavy atom. The normalized spacial score (nSPS) is 34.3. The lowest BCUT2D eigenvalue weighted by atomic mass is 9.47. The summed E-state index contributed by atoms with van der Waals surface area (Å²) in [5.41, 5.74) is 1.57. The van der Waals surface area contributed by atoms with Crippen LogP contribution in [-0.2, 0) is 4.79 Å². The summed E-state index contributed by atoms with van der Waals surface area (Å²) >= 11 is 0. The van der Waals surface area contributed by atoms with E-state index in [0.717, 1.165) is 55.9 Å². The molecule has 4 aliphatic carbocycles. The van der Waals surface area contributed by atoms with Crippen LogP contribution in [0.25, 0.3) is 0 Å². The number of nitro benzene ring substituents is 2. The summed E-state index contributed by atoms with van der Waals surface area (Å²) in [6.45, 7) is 7.89. The number of rotatable bonds is 10. The average Bonchev–Trinajstić information content (AvgIpc) is 3.31. The van der Waals surface area contributed by atoms with Crippen molar-refractivity contribution in [3.63, 3.8) is 0 Å². The van der Waals surface area contributed by atoms with Gasteiger partial charge in [-0.1, -0.05) is 32.4 Å². The average molecular weight is 583 g/mol. The van der Waals surface area contributed by atoms with Gasteiger partial charge in [-0.25, -0.2) is 0 Å². The summed E-state index contributed by atoms with van der Waals surface area (Å²) in [6, 6.07) is 3.48. The van der Waals surface area contributed by atoms with Crippen LogP contribution in [0.4, 0.5) is 17.1 Å². The molecule has 1 amide bonds. The van der Waals surface area contributed by atoms with E-state index in [1.54, 1.807) is 0 Å². The number of non-ortho nitro benzene ring substituents is 1. The first-order valence-corrected chi connectivity index (χ1v) is 15.7. The van der Waals surface area contributed by atoms with Gasteiger partial charge in [0.1, 0.15) is 5.69 Å². The zero-order valence-electron chi connectivity index (χ0n) is 25.1. The number of benzene rings is 1. The molecule has 0 radical (unpaired) electrons. The molecular weight excluding hydrogens is 536 g/mol. The van der Waals surface area contributed by atoms with Crippen molar-refractivity contribution >= 4 is 23.0 Å². The first-order valence-electron chi connectivity index (χ1n) is 15.7. The number of carbonyl (C=O) groups excluding carboxylic acids is 1.